The van der Waals surface area contributed by atoms with Gasteiger partial charge in [0, 0.05) is 32.6 Å². The molecule has 6 nitrogen and oxygen atoms in total. The highest BCUT2D eigenvalue weighted by Gasteiger charge is 2.24. The van der Waals surface area contributed by atoms with E-state index in [4.69, 9.17) is 16.1 Å². The predicted octanol–water partition coefficient (Wildman–Crippen LogP) is 4.00. The van der Waals surface area contributed by atoms with Crippen molar-refractivity contribution in [3.63, 3.8) is 0 Å². The maximum absolute atomic E-state index is 12.5. The quantitative estimate of drug-likeness (QED) is 0.730. The second-order valence-corrected chi connectivity index (χ2v) is 8.25. The van der Waals surface area contributed by atoms with Crippen LogP contribution in [0.25, 0.3) is 11.5 Å². The van der Waals surface area contributed by atoms with Crippen LogP contribution >= 0.6 is 11.6 Å². The maximum atomic E-state index is 12.5. The molecule has 1 aliphatic carbocycles. The summed E-state index contributed by atoms with van der Waals surface area (Å²) in [6.45, 7) is 3.85. The maximum Gasteiger partial charge on any atom is 0.259 e. The lowest BCUT2D eigenvalue weighted by atomic mass is 10.0. The van der Waals surface area contributed by atoms with Gasteiger partial charge in [0.15, 0.2) is 5.82 Å². The molecule has 1 aliphatic heterocycles. The van der Waals surface area contributed by atoms with E-state index in [-0.39, 0.29) is 0 Å². The summed E-state index contributed by atoms with van der Waals surface area (Å²) in [4.78, 5) is 21.2. The Morgan fingerprint density at radius 2 is 1.89 bits per heavy atom. The van der Waals surface area contributed by atoms with E-state index in [0.717, 1.165) is 44.1 Å². The Labute approximate surface area is 170 Å². The first kappa shape index (κ1) is 19.4. The van der Waals surface area contributed by atoms with E-state index in [9.17, 15) is 4.79 Å². The first-order valence-corrected chi connectivity index (χ1v) is 10.6. The first-order valence-electron chi connectivity index (χ1n) is 10.3. The van der Waals surface area contributed by atoms with Gasteiger partial charge in [0.1, 0.15) is 0 Å². The number of benzene rings is 1. The SMILES string of the molecule is O=C(CCC1CCCC1)N1CCN(Cc2noc(-c3ccccc3Cl)n2)CC1. The Balaban J connectivity index is 1.24. The Hall–Kier alpha value is -1.92. The highest BCUT2D eigenvalue weighted by Crippen LogP contribution is 2.29. The molecule has 0 spiro atoms. The number of aromatic nitrogens is 2. The van der Waals surface area contributed by atoms with E-state index in [1.54, 1.807) is 0 Å². The van der Waals surface area contributed by atoms with Gasteiger partial charge in [-0.05, 0) is 24.5 Å². The molecular weight excluding hydrogens is 376 g/mol. The van der Waals surface area contributed by atoms with Crippen molar-refractivity contribution in [1.82, 2.24) is 19.9 Å². The molecule has 2 aliphatic rings. The minimum absolute atomic E-state index is 0.312. The lowest BCUT2D eigenvalue weighted by molar-refractivity contribution is -0.133. The van der Waals surface area contributed by atoms with Gasteiger partial charge in [-0.25, -0.2) is 0 Å². The van der Waals surface area contributed by atoms with Gasteiger partial charge in [0.2, 0.25) is 5.91 Å². The second kappa shape index (κ2) is 9.05. The molecule has 1 saturated heterocycles. The molecule has 0 atom stereocenters. The Morgan fingerprint density at radius 3 is 2.64 bits per heavy atom. The molecule has 1 amide bonds. The van der Waals surface area contributed by atoms with Gasteiger partial charge in [-0.15, -0.1) is 0 Å². The molecule has 2 heterocycles. The average Bonchev–Trinajstić information content (AvgIpc) is 3.39. The largest absolute Gasteiger partial charge is 0.340 e. The third-order valence-corrected chi connectivity index (χ3v) is 6.23. The van der Waals surface area contributed by atoms with Crippen LogP contribution in [0.1, 0.15) is 44.3 Å². The van der Waals surface area contributed by atoms with Crippen molar-refractivity contribution in [2.24, 2.45) is 5.92 Å². The van der Waals surface area contributed by atoms with Crippen LogP contribution in [-0.4, -0.2) is 52.0 Å². The van der Waals surface area contributed by atoms with Crippen LogP contribution in [0.15, 0.2) is 28.8 Å². The third kappa shape index (κ3) is 4.73. The summed E-state index contributed by atoms with van der Waals surface area (Å²) in [6, 6.07) is 7.45. The Morgan fingerprint density at radius 1 is 1.14 bits per heavy atom. The standard InChI is InChI=1S/C21H27ClN4O2/c22-18-8-4-3-7-17(18)21-23-19(24-28-21)15-25-11-13-26(14-12-25)20(27)10-9-16-5-1-2-6-16/h3-4,7-8,16H,1-2,5-6,9-15H2. The van der Waals surface area contributed by atoms with E-state index < -0.39 is 0 Å². The minimum Gasteiger partial charge on any atom is -0.340 e. The van der Waals surface area contributed by atoms with Gasteiger partial charge in [-0.1, -0.05) is 54.6 Å². The van der Waals surface area contributed by atoms with Crippen molar-refractivity contribution in [2.45, 2.75) is 45.1 Å². The number of nitrogens with zero attached hydrogens (tertiary/aromatic N) is 4. The molecule has 1 aromatic carbocycles. The zero-order valence-corrected chi connectivity index (χ0v) is 16.9. The van der Waals surface area contributed by atoms with Crippen molar-refractivity contribution in [3.8, 4) is 11.5 Å². The zero-order valence-electron chi connectivity index (χ0n) is 16.1. The minimum atomic E-state index is 0.312. The van der Waals surface area contributed by atoms with Crippen LogP contribution in [0.5, 0.6) is 0 Å². The van der Waals surface area contributed by atoms with E-state index in [1.807, 2.05) is 29.2 Å². The van der Waals surface area contributed by atoms with Gasteiger partial charge in [0.25, 0.3) is 5.89 Å². The Kier molecular flexibility index (Phi) is 6.27. The molecule has 0 bridgehead atoms. The van der Waals surface area contributed by atoms with Crippen LogP contribution in [0.4, 0.5) is 0 Å². The van der Waals surface area contributed by atoms with Crippen LogP contribution in [0.2, 0.25) is 5.02 Å². The van der Waals surface area contributed by atoms with Gasteiger partial charge < -0.3 is 9.42 Å². The molecule has 2 aromatic rings. The van der Waals surface area contributed by atoms with Gasteiger partial charge in [0.05, 0.1) is 17.1 Å². The molecule has 1 saturated carbocycles. The van der Waals surface area contributed by atoms with E-state index >= 15 is 0 Å². The van der Waals surface area contributed by atoms with Crippen LogP contribution < -0.4 is 0 Å². The van der Waals surface area contributed by atoms with Crippen molar-refractivity contribution < 1.29 is 9.32 Å². The van der Waals surface area contributed by atoms with Crippen molar-refractivity contribution in [1.29, 1.82) is 0 Å². The zero-order chi connectivity index (χ0) is 19.3. The van der Waals surface area contributed by atoms with E-state index in [2.05, 4.69) is 15.0 Å². The van der Waals surface area contributed by atoms with Gasteiger partial charge >= 0.3 is 0 Å². The molecular formula is C21H27ClN4O2. The molecule has 0 radical (unpaired) electrons. The second-order valence-electron chi connectivity index (χ2n) is 7.84. The van der Waals surface area contributed by atoms with Crippen LogP contribution in [0, 0.1) is 5.92 Å². The molecule has 0 unspecified atom stereocenters. The molecule has 1 aromatic heterocycles. The molecule has 0 N–H and O–H groups in total. The first-order chi connectivity index (χ1) is 13.7. The smallest absolute Gasteiger partial charge is 0.259 e. The number of carbonyl (C=O) groups excluding carboxylic acids is 1. The van der Waals surface area contributed by atoms with Gasteiger partial charge in [-0.3, -0.25) is 9.69 Å². The fraction of sp³-hybridized carbons (Fsp3) is 0.571. The number of amides is 1. The Bertz CT molecular complexity index is 795. The fourth-order valence-corrected chi connectivity index (χ4v) is 4.42. The van der Waals surface area contributed by atoms with Crippen molar-refractivity contribution in [2.75, 3.05) is 26.2 Å². The lowest BCUT2D eigenvalue weighted by Gasteiger charge is -2.34. The summed E-state index contributed by atoms with van der Waals surface area (Å²) in [7, 11) is 0. The molecule has 7 heteroatoms. The fourth-order valence-electron chi connectivity index (χ4n) is 4.20. The molecule has 4 rings (SSSR count). The summed E-state index contributed by atoms with van der Waals surface area (Å²) in [6.07, 6.45) is 7.06. The predicted molar refractivity (Wildman–Crippen MR) is 108 cm³/mol. The van der Waals surface area contributed by atoms with Crippen molar-refractivity contribution >= 4 is 17.5 Å². The lowest BCUT2D eigenvalue weighted by Crippen LogP contribution is -2.48. The highest BCUT2D eigenvalue weighted by atomic mass is 35.5. The summed E-state index contributed by atoms with van der Waals surface area (Å²) in [5, 5.41) is 4.69. The summed E-state index contributed by atoms with van der Waals surface area (Å²) >= 11 is 6.20. The van der Waals surface area contributed by atoms with Crippen LogP contribution in [0.3, 0.4) is 0 Å². The normalized spacial score (nSPS) is 18.7. The number of halogens is 1. The van der Waals surface area contributed by atoms with Gasteiger partial charge in [-0.2, -0.15) is 4.98 Å². The number of rotatable bonds is 6. The third-order valence-electron chi connectivity index (χ3n) is 5.90. The summed E-state index contributed by atoms with van der Waals surface area (Å²) in [5.74, 6) is 2.18. The average molecular weight is 403 g/mol. The summed E-state index contributed by atoms with van der Waals surface area (Å²) < 4.78 is 5.38. The van der Waals surface area contributed by atoms with Crippen molar-refractivity contribution in [3.05, 3.63) is 35.1 Å². The number of hydrogen-bond donors (Lipinski definition) is 0. The topological polar surface area (TPSA) is 62.5 Å². The van der Waals surface area contributed by atoms with E-state index in [1.165, 1.54) is 25.7 Å². The number of hydrogen-bond acceptors (Lipinski definition) is 5. The molecule has 28 heavy (non-hydrogen) atoms. The number of carbonyl (C=O) groups is 1. The molecule has 150 valence electrons. The summed E-state index contributed by atoms with van der Waals surface area (Å²) in [5.41, 5.74) is 0.751. The van der Waals surface area contributed by atoms with Crippen LogP contribution in [-0.2, 0) is 11.3 Å². The number of piperazine rings is 1. The van der Waals surface area contributed by atoms with E-state index in [0.29, 0.717) is 35.6 Å². The monoisotopic (exact) mass is 402 g/mol. The molecule has 2 fully saturated rings. The highest BCUT2D eigenvalue weighted by molar-refractivity contribution is 6.33.